The third kappa shape index (κ3) is 2.37. The Kier molecular flexibility index (Phi) is 3.47. The standard InChI is InChI=1S/C16H14N4O2/c1-10(2)7-14-19-13(8-17)16(22-14)20-15(21)12-6-4-3-5-11(12)9-18-20/h3-6,9-10H,7H2,1-2H3. The molecule has 0 amide bonds. The average molecular weight is 294 g/mol. The first kappa shape index (κ1) is 14.0. The highest BCUT2D eigenvalue weighted by Gasteiger charge is 2.18. The SMILES string of the molecule is CC(C)Cc1nc(C#N)c(-n2ncc3ccccc3c2=O)o1. The zero-order chi connectivity index (χ0) is 15.7. The molecular weight excluding hydrogens is 280 g/mol. The second-order valence-electron chi connectivity index (χ2n) is 5.42. The van der Waals surface area contributed by atoms with Gasteiger partial charge in [-0.2, -0.15) is 15.0 Å². The van der Waals surface area contributed by atoms with Gasteiger partial charge in [-0.1, -0.05) is 32.0 Å². The Morgan fingerprint density at radius 3 is 2.86 bits per heavy atom. The van der Waals surface area contributed by atoms with Gasteiger partial charge in [0.25, 0.3) is 11.4 Å². The van der Waals surface area contributed by atoms with Gasteiger partial charge in [-0.05, 0) is 12.0 Å². The number of nitriles is 1. The summed E-state index contributed by atoms with van der Waals surface area (Å²) < 4.78 is 6.69. The summed E-state index contributed by atoms with van der Waals surface area (Å²) in [7, 11) is 0. The van der Waals surface area contributed by atoms with Crippen LogP contribution in [0.4, 0.5) is 0 Å². The van der Waals surface area contributed by atoms with Crippen LogP contribution in [0, 0.1) is 17.2 Å². The molecule has 0 aliphatic rings. The first-order valence-corrected chi connectivity index (χ1v) is 6.97. The molecule has 6 heteroatoms. The molecule has 0 fully saturated rings. The Morgan fingerprint density at radius 1 is 1.36 bits per heavy atom. The average Bonchev–Trinajstić information content (AvgIpc) is 2.90. The lowest BCUT2D eigenvalue weighted by Crippen LogP contribution is -2.21. The highest BCUT2D eigenvalue weighted by Crippen LogP contribution is 2.17. The third-order valence-electron chi connectivity index (χ3n) is 3.23. The topological polar surface area (TPSA) is 84.7 Å². The molecule has 0 atom stereocenters. The van der Waals surface area contributed by atoms with Gasteiger partial charge in [-0.25, -0.2) is 4.98 Å². The van der Waals surface area contributed by atoms with Crippen LogP contribution in [-0.4, -0.2) is 14.8 Å². The molecule has 110 valence electrons. The lowest BCUT2D eigenvalue weighted by molar-refractivity contribution is 0.435. The van der Waals surface area contributed by atoms with Crippen LogP contribution in [0.2, 0.25) is 0 Å². The van der Waals surface area contributed by atoms with Gasteiger partial charge in [-0.3, -0.25) is 4.79 Å². The van der Waals surface area contributed by atoms with Crippen LogP contribution in [-0.2, 0) is 6.42 Å². The molecule has 6 nitrogen and oxygen atoms in total. The fourth-order valence-electron chi connectivity index (χ4n) is 2.24. The predicted octanol–water partition coefficient (Wildman–Crippen LogP) is 2.44. The van der Waals surface area contributed by atoms with Crippen molar-refractivity contribution < 1.29 is 4.42 Å². The van der Waals surface area contributed by atoms with Crippen molar-refractivity contribution in [2.75, 3.05) is 0 Å². The van der Waals surface area contributed by atoms with Crippen molar-refractivity contribution in [1.82, 2.24) is 14.8 Å². The fraction of sp³-hybridized carbons (Fsp3) is 0.250. The first-order valence-electron chi connectivity index (χ1n) is 6.97. The summed E-state index contributed by atoms with van der Waals surface area (Å²) in [4.78, 5) is 16.7. The normalized spacial score (nSPS) is 11.0. The third-order valence-corrected chi connectivity index (χ3v) is 3.23. The Morgan fingerprint density at radius 2 is 2.14 bits per heavy atom. The van der Waals surface area contributed by atoms with Gasteiger partial charge < -0.3 is 4.42 Å². The minimum atomic E-state index is -0.332. The summed E-state index contributed by atoms with van der Waals surface area (Å²) in [5.74, 6) is 0.844. The van der Waals surface area contributed by atoms with Crippen LogP contribution >= 0.6 is 0 Å². The van der Waals surface area contributed by atoms with E-state index in [0.29, 0.717) is 23.6 Å². The van der Waals surface area contributed by atoms with Crippen molar-refractivity contribution >= 4 is 10.8 Å². The van der Waals surface area contributed by atoms with Crippen LogP contribution in [0.1, 0.15) is 25.4 Å². The number of nitrogens with zero attached hydrogens (tertiary/aromatic N) is 4. The molecule has 2 heterocycles. The zero-order valence-electron chi connectivity index (χ0n) is 12.3. The van der Waals surface area contributed by atoms with E-state index in [2.05, 4.69) is 10.1 Å². The molecule has 0 N–H and O–H groups in total. The van der Waals surface area contributed by atoms with E-state index in [4.69, 9.17) is 4.42 Å². The highest BCUT2D eigenvalue weighted by molar-refractivity contribution is 5.80. The van der Waals surface area contributed by atoms with Crippen LogP contribution < -0.4 is 5.56 Å². The van der Waals surface area contributed by atoms with Crippen LogP contribution in [0.15, 0.2) is 39.7 Å². The summed E-state index contributed by atoms with van der Waals surface area (Å²) in [5.41, 5.74) is -0.262. The van der Waals surface area contributed by atoms with Gasteiger partial charge in [-0.15, -0.1) is 0 Å². The quantitative estimate of drug-likeness (QED) is 0.740. The molecular formula is C16H14N4O2. The molecule has 0 saturated heterocycles. The number of benzene rings is 1. The van der Waals surface area contributed by atoms with E-state index in [-0.39, 0.29) is 17.1 Å². The van der Waals surface area contributed by atoms with E-state index in [1.165, 1.54) is 0 Å². The Bertz CT molecular complexity index is 931. The summed E-state index contributed by atoms with van der Waals surface area (Å²) in [6, 6.07) is 9.10. The first-order chi connectivity index (χ1) is 10.6. The molecule has 2 aromatic heterocycles. The van der Waals surface area contributed by atoms with Crippen molar-refractivity contribution in [3.8, 4) is 12.0 Å². The number of hydrogen-bond acceptors (Lipinski definition) is 5. The molecule has 0 radical (unpaired) electrons. The van der Waals surface area contributed by atoms with Gasteiger partial charge in [0, 0.05) is 11.8 Å². The van der Waals surface area contributed by atoms with Gasteiger partial charge in [0.15, 0.2) is 5.89 Å². The van der Waals surface area contributed by atoms with Crippen molar-refractivity contribution in [2.24, 2.45) is 5.92 Å². The predicted molar refractivity (Wildman–Crippen MR) is 80.7 cm³/mol. The number of fused-ring (bicyclic) bond motifs is 1. The lowest BCUT2D eigenvalue weighted by atomic mass is 10.1. The maximum absolute atomic E-state index is 12.5. The number of oxazole rings is 1. The second-order valence-corrected chi connectivity index (χ2v) is 5.42. The number of aromatic nitrogens is 3. The molecule has 3 aromatic rings. The molecule has 0 spiro atoms. The maximum atomic E-state index is 12.5. The monoisotopic (exact) mass is 294 g/mol. The maximum Gasteiger partial charge on any atom is 0.282 e. The minimum absolute atomic E-state index is 0.0699. The fourth-order valence-corrected chi connectivity index (χ4v) is 2.24. The van der Waals surface area contributed by atoms with Crippen molar-refractivity contribution in [2.45, 2.75) is 20.3 Å². The summed E-state index contributed by atoms with van der Waals surface area (Å²) >= 11 is 0. The molecule has 0 aliphatic carbocycles. The largest absolute Gasteiger partial charge is 0.421 e. The van der Waals surface area contributed by atoms with Gasteiger partial charge >= 0.3 is 0 Å². The molecule has 1 aromatic carbocycles. The van der Waals surface area contributed by atoms with Gasteiger partial charge in [0.1, 0.15) is 6.07 Å². The van der Waals surface area contributed by atoms with Crippen molar-refractivity contribution in [1.29, 1.82) is 5.26 Å². The van der Waals surface area contributed by atoms with Crippen molar-refractivity contribution in [3.05, 3.63) is 52.4 Å². The molecule has 22 heavy (non-hydrogen) atoms. The van der Waals surface area contributed by atoms with Crippen LogP contribution in [0.25, 0.3) is 16.7 Å². The number of hydrogen-bond donors (Lipinski definition) is 0. The molecule has 0 saturated carbocycles. The van der Waals surface area contributed by atoms with E-state index in [1.54, 1.807) is 18.3 Å². The molecule has 0 unspecified atom stereocenters. The highest BCUT2D eigenvalue weighted by atomic mass is 16.4. The van der Waals surface area contributed by atoms with E-state index in [9.17, 15) is 10.1 Å². The summed E-state index contributed by atoms with van der Waals surface area (Å²) in [6.45, 7) is 4.05. The lowest BCUT2D eigenvalue weighted by Gasteiger charge is -2.02. The van der Waals surface area contributed by atoms with E-state index < -0.39 is 0 Å². The van der Waals surface area contributed by atoms with Crippen LogP contribution in [0.5, 0.6) is 0 Å². The Labute approximate surface area is 126 Å². The van der Waals surface area contributed by atoms with Crippen LogP contribution in [0.3, 0.4) is 0 Å². The second kappa shape index (κ2) is 5.45. The van der Waals surface area contributed by atoms with E-state index in [1.807, 2.05) is 32.0 Å². The van der Waals surface area contributed by atoms with Gasteiger partial charge in [0.2, 0.25) is 5.69 Å². The molecule has 3 rings (SSSR count). The van der Waals surface area contributed by atoms with Gasteiger partial charge in [0.05, 0.1) is 11.6 Å². The smallest absolute Gasteiger partial charge is 0.282 e. The minimum Gasteiger partial charge on any atom is -0.421 e. The molecule has 0 aliphatic heterocycles. The summed E-state index contributed by atoms with van der Waals surface area (Å²) in [5, 5.41) is 14.6. The van der Waals surface area contributed by atoms with Crippen molar-refractivity contribution in [3.63, 3.8) is 0 Å². The Hall–Kier alpha value is -2.94. The van der Waals surface area contributed by atoms with E-state index in [0.717, 1.165) is 10.1 Å². The molecule has 0 bridgehead atoms. The summed E-state index contributed by atoms with van der Waals surface area (Å²) in [6.07, 6.45) is 2.17. The van der Waals surface area contributed by atoms with E-state index >= 15 is 0 Å². The number of rotatable bonds is 3. The zero-order valence-corrected chi connectivity index (χ0v) is 12.3. The Balaban J connectivity index is 2.19.